The average molecular weight is 346 g/mol. The van der Waals surface area contributed by atoms with Crippen molar-refractivity contribution in [1.29, 1.82) is 0 Å². The Labute approximate surface area is 144 Å². The fourth-order valence-electron chi connectivity index (χ4n) is 1.93. The van der Waals surface area contributed by atoms with Crippen LogP contribution in [0.2, 0.25) is 0 Å². The third kappa shape index (κ3) is 5.45. The molecule has 2 rings (SSSR count). The summed E-state index contributed by atoms with van der Waals surface area (Å²) in [6.07, 6.45) is 0. The molecule has 8 heteroatoms. The maximum atomic E-state index is 10.6. The molecule has 0 spiro atoms. The third-order valence-electron chi connectivity index (χ3n) is 3.35. The molecule has 0 aliphatic rings. The van der Waals surface area contributed by atoms with Crippen molar-refractivity contribution in [1.82, 2.24) is 0 Å². The van der Waals surface area contributed by atoms with Gasteiger partial charge in [0, 0.05) is 29.7 Å². The molecule has 0 bridgehead atoms. The van der Waals surface area contributed by atoms with Gasteiger partial charge in [0.1, 0.15) is 11.5 Å². The minimum Gasteiger partial charge on any atom is -0.493 e. The van der Waals surface area contributed by atoms with Crippen molar-refractivity contribution in [3.05, 3.63) is 68.8 Å². The smallest absolute Gasteiger partial charge is 0.269 e. The van der Waals surface area contributed by atoms with E-state index in [0.717, 1.165) is 0 Å². The standard InChI is InChI=1S/C17H18N2O6/c1-17(2,11-24-15-7-3-13(4-8-15)18(20)21)12-25-16-9-5-14(6-10-16)19(22)23/h3-10H,11-12H2,1-2H3. The molecular weight excluding hydrogens is 328 g/mol. The van der Waals surface area contributed by atoms with Crippen LogP contribution in [0.4, 0.5) is 11.4 Å². The summed E-state index contributed by atoms with van der Waals surface area (Å²) in [5.41, 5.74) is -0.315. The van der Waals surface area contributed by atoms with Gasteiger partial charge in [0.25, 0.3) is 11.4 Å². The Bertz CT molecular complexity index is 677. The maximum absolute atomic E-state index is 10.6. The highest BCUT2D eigenvalue weighted by Gasteiger charge is 2.21. The van der Waals surface area contributed by atoms with E-state index in [1.165, 1.54) is 24.3 Å². The van der Waals surface area contributed by atoms with Gasteiger partial charge in [-0.1, -0.05) is 13.8 Å². The molecule has 0 saturated carbocycles. The number of hydrogen-bond donors (Lipinski definition) is 0. The normalized spacial score (nSPS) is 11.0. The zero-order valence-electron chi connectivity index (χ0n) is 13.9. The molecule has 0 fully saturated rings. The summed E-state index contributed by atoms with van der Waals surface area (Å²) in [7, 11) is 0. The van der Waals surface area contributed by atoms with Crippen LogP contribution >= 0.6 is 0 Å². The lowest BCUT2D eigenvalue weighted by molar-refractivity contribution is -0.385. The Morgan fingerprint density at radius 3 is 1.36 bits per heavy atom. The quantitative estimate of drug-likeness (QED) is 0.528. The van der Waals surface area contributed by atoms with Gasteiger partial charge >= 0.3 is 0 Å². The van der Waals surface area contributed by atoms with Crippen LogP contribution in [0.1, 0.15) is 13.8 Å². The maximum Gasteiger partial charge on any atom is 0.269 e. The highest BCUT2D eigenvalue weighted by molar-refractivity contribution is 5.36. The Morgan fingerprint density at radius 1 is 0.760 bits per heavy atom. The summed E-state index contributed by atoms with van der Waals surface area (Å²) >= 11 is 0. The Kier molecular flexibility index (Phi) is 5.53. The van der Waals surface area contributed by atoms with Gasteiger partial charge in [0.15, 0.2) is 0 Å². The fraction of sp³-hybridized carbons (Fsp3) is 0.294. The molecule has 0 unspecified atom stereocenters. The van der Waals surface area contributed by atoms with Crippen molar-refractivity contribution in [2.75, 3.05) is 13.2 Å². The van der Waals surface area contributed by atoms with Crippen LogP contribution in [0.25, 0.3) is 0 Å². The molecule has 2 aromatic carbocycles. The van der Waals surface area contributed by atoms with Gasteiger partial charge < -0.3 is 9.47 Å². The summed E-state index contributed by atoms with van der Waals surface area (Å²) in [5, 5.41) is 21.2. The highest BCUT2D eigenvalue weighted by Crippen LogP contribution is 2.23. The van der Waals surface area contributed by atoms with Crippen molar-refractivity contribution in [3.8, 4) is 11.5 Å². The molecule has 8 nitrogen and oxygen atoms in total. The topological polar surface area (TPSA) is 105 Å². The van der Waals surface area contributed by atoms with Crippen molar-refractivity contribution in [3.63, 3.8) is 0 Å². The molecule has 0 atom stereocenters. The van der Waals surface area contributed by atoms with Gasteiger partial charge in [-0.15, -0.1) is 0 Å². The van der Waals surface area contributed by atoms with E-state index >= 15 is 0 Å². The number of rotatable bonds is 8. The first-order valence-electron chi connectivity index (χ1n) is 7.51. The number of ether oxygens (including phenoxy) is 2. The second kappa shape index (κ2) is 7.61. The number of nitrogens with zero attached hydrogens (tertiary/aromatic N) is 2. The molecule has 25 heavy (non-hydrogen) atoms. The van der Waals surface area contributed by atoms with Gasteiger partial charge in [-0.05, 0) is 24.3 Å². The second-order valence-corrected chi connectivity index (χ2v) is 6.24. The zero-order valence-corrected chi connectivity index (χ0v) is 13.9. The summed E-state index contributed by atoms with van der Waals surface area (Å²) in [6.45, 7) is 4.59. The highest BCUT2D eigenvalue weighted by atomic mass is 16.6. The molecule has 2 aromatic rings. The summed E-state index contributed by atoms with van der Waals surface area (Å²) < 4.78 is 11.3. The summed E-state index contributed by atoms with van der Waals surface area (Å²) in [6, 6.07) is 11.7. The molecule has 132 valence electrons. The monoisotopic (exact) mass is 346 g/mol. The molecule has 0 N–H and O–H groups in total. The van der Waals surface area contributed by atoms with E-state index in [9.17, 15) is 20.2 Å². The number of hydrogen-bond acceptors (Lipinski definition) is 6. The summed E-state index contributed by atoms with van der Waals surface area (Å²) in [5.74, 6) is 1.07. The zero-order chi connectivity index (χ0) is 18.4. The van der Waals surface area contributed by atoms with Crippen molar-refractivity contribution in [2.24, 2.45) is 5.41 Å². The van der Waals surface area contributed by atoms with Gasteiger partial charge in [-0.25, -0.2) is 0 Å². The van der Waals surface area contributed by atoms with Gasteiger partial charge in [0.2, 0.25) is 0 Å². The first-order chi connectivity index (χ1) is 11.8. The lowest BCUT2D eigenvalue weighted by Crippen LogP contribution is -2.28. The molecule has 0 radical (unpaired) electrons. The van der Waals surface area contributed by atoms with Crippen molar-refractivity contribution in [2.45, 2.75) is 13.8 Å². The molecule has 0 aromatic heterocycles. The SMILES string of the molecule is CC(C)(COc1ccc([N+](=O)[O-])cc1)COc1ccc([N+](=O)[O-])cc1. The van der Waals surface area contributed by atoms with Crippen LogP contribution in [-0.2, 0) is 0 Å². The Balaban J connectivity index is 1.86. The molecule has 0 aliphatic carbocycles. The van der Waals surface area contributed by atoms with Gasteiger partial charge in [-0.3, -0.25) is 20.2 Å². The lowest BCUT2D eigenvalue weighted by atomic mass is 9.96. The van der Waals surface area contributed by atoms with E-state index in [-0.39, 0.29) is 16.8 Å². The first kappa shape index (κ1) is 18.2. The number of nitro groups is 2. The van der Waals surface area contributed by atoms with Crippen LogP contribution in [0.15, 0.2) is 48.5 Å². The van der Waals surface area contributed by atoms with E-state index in [1.54, 1.807) is 24.3 Å². The molecule has 0 aliphatic heterocycles. The minimum atomic E-state index is -0.467. The average Bonchev–Trinajstić information content (AvgIpc) is 2.59. The first-order valence-corrected chi connectivity index (χ1v) is 7.51. The van der Waals surface area contributed by atoms with Crippen LogP contribution in [0, 0.1) is 25.6 Å². The van der Waals surface area contributed by atoms with E-state index < -0.39 is 9.85 Å². The minimum absolute atomic E-state index is 0.00751. The number of nitro benzene ring substituents is 2. The van der Waals surface area contributed by atoms with Gasteiger partial charge in [-0.2, -0.15) is 0 Å². The van der Waals surface area contributed by atoms with Crippen LogP contribution in [0.5, 0.6) is 11.5 Å². The molecule has 0 amide bonds. The predicted molar refractivity (Wildman–Crippen MR) is 91.0 cm³/mol. The Morgan fingerprint density at radius 2 is 1.08 bits per heavy atom. The van der Waals surface area contributed by atoms with E-state index in [1.807, 2.05) is 13.8 Å². The molecular formula is C17H18N2O6. The van der Waals surface area contributed by atoms with Crippen molar-refractivity contribution >= 4 is 11.4 Å². The molecule has 0 heterocycles. The largest absolute Gasteiger partial charge is 0.493 e. The van der Waals surface area contributed by atoms with Crippen molar-refractivity contribution < 1.29 is 19.3 Å². The second-order valence-electron chi connectivity index (χ2n) is 6.24. The van der Waals surface area contributed by atoms with E-state index in [0.29, 0.717) is 24.7 Å². The molecule has 0 saturated heterocycles. The van der Waals surface area contributed by atoms with E-state index in [2.05, 4.69) is 0 Å². The third-order valence-corrected chi connectivity index (χ3v) is 3.35. The van der Waals surface area contributed by atoms with E-state index in [4.69, 9.17) is 9.47 Å². The van der Waals surface area contributed by atoms with Crippen LogP contribution in [-0.4, -0.2) is 23.1 Å². The van der Waals surface area contributed by atoms with Gasteiger partial charge in [0.05, 0.1) is 23.1 Å². The number of benzene rings is 2. The Hall–Kier alpha value is -3.16. The fourth-order valence-corrected chi connectivity index (χ4v) is 1.93. The lowest BCUT2D eigenvalue weighted by Gasteiger charge is -2.24. The predicted octanol–water partition coefficient (Wildman–Crippen LogP) is 3.99. The van der Waals surface area contributed by atoms with Crippen LogP contribution < -0.4 is 9.47 Å². The van der Waals surface area contributed by atoms with Crippen LogP contribution in [0.3, 0.4) is 0 Å². The summed E-state index contributed by atoms with van der Waals surface area (Å²) in [4.78, 5) is 20.3. The number of non-ortho nitro benzene ring substituents is 2.